The highest BCUT2D eigenvalue weighted by Gasteiger charge is 2.44. The Balaban J connectivity index is 1.80. The number of amides is 1. The number of anilines is 1. The summed E-state index contributed by atoms with van der Waals surface area (Å²) in [6, 6.07) is 10.6. The molecule has 0 atom stereocenters. The molecule has 2 heterocycles. The van der Waals surface area contributed by atoms with E-state index in [2.05, 4.69) is 4.98 Å². The number of rotatable bonds is 5. The number of benzene rings is 1. The third-order valence-electron chi connectivity index (χ3n) is 4.62. The number of hydrogen-bond donors (Lipinski definition) is 2. The van der Waals surface area contributed by atoms with E-state index in [0.717, 1.165) is 5.56 Å². The van der Waals surface area contributed by atoms with E-state index >= 15 is 0 Å². The third-order valence-corrected chi connectivity index (χ3v) is 4.62. The van der Waals surface area contributed by atoms with Gasteiger partial charge in [-0.15, -0.1) is 0 Å². The number of hydrogen-bond acceptors (Lipinski definition) is 5. The smallest absolute Gasteiger partial charge is 0.348 e. The largest absolute Gasteiger partial charge is 0.478 e. The zero-order chi connectivity index (χ0) is 18.7. The molecule has 1 aromatic heterocycles. The number of primary amides is 1. The van der Waals surface area contributed by atoms with Crippen molar-refractivity contribution in [2.45, 2.75) is 25.4 Å². The summed E-state index contributed by atoms with van der Waals surface area (Å²) in [6.45, 7) is 2.72. The van der Waals surface area contributed by atoms with E-state index in [-0.39, 0.29) is 12.8 Å². The van der Waals surface area contributed by atoms with Gasteiger partial charge >= 0.3 is 5.97 Å². The molecule has 26 heavy (non-hydrogen) atoms. The lowest BCUT2D eigenvalue weighted by atomic mass is 9.90. The maximum absolute atomic E-state index is 12.0. The zero-order valence-corrected chi connectivity index (χ0v) is 14.5. The van der Waals surface area contributed by atoms with Crippen molar-refractivity contribution >= 4 is 17.7 Å². The van der Waals surface area contributed by atoms with Crippen LogP contribution < -0.4 is 15.4 Å². The van der Waals surface area contributed by atoms with Crippen LogP contribution in [0.5, 0.6) is 5.75 Å². The number of ether oxygens (including phenoxy) is 1. The molecule has 3 rings (SSSR count). The minimum Gasteiger partial charge on any atom is -0.478 e. The van der Waals surface area contributed by atoms with E-state index in [1.54, 1.807) is 24.4 Å². The summed E-state index contributed by atoms with van der Waals surface area (Å²) in [5.74, 6) is -0.528. The van der Waals surface area contributed by atoms with Gasteiger partial charge in [-0.2, -0.15) is 0 Å². The molecule has 1 aliphatic heterocycles. The number of aromatic nitrogens is 1. The zero-order valence-electron chi connectivity index (χ0n) is 14.5. The minimum atomic E-state index is -1.30. The Bertz CT molecular complexity index is 829. The van der Waals surface area contributed by atoms with Gasteiger partial charge in [0.15, 0.2) is 0 Å². The van der Waals surface area contributed by atoms with Crippen molar-refractivity contribution in [3.63, 3.8) is 0 Å². The molecule has 1 fully saturated rings. The van der Waals surface area contributed by atoms with Gasteiger partial charge in [0.1, 0.15) is 11.6 Å². The molecule has 136 valence electrons. The first-order valence-corrected chi connectivity index (χ1v) is 8.40. The van der Waals surface area contributed by atoms with Gasteiger partial charge in [-0.25, -0.2) is 9.78 Å². The SMILES string of the molecule is Cc1cccc(OC2(C(=O)O)CCN(c3ncccc3C(N)=O)CC2)c1. The van der Waals surface area contributed by atoms with Gasteiger partial charge in [0.25, 0.3) is 5.91 Å². The number of carbonyl (C=O) groups is 2. The molecule has 1 aliphatic rings. The molecule has 7 nitrogen and oxygen atoms in total. The highest BCUT2D eigenvalue weighted by atomic mass is 16.5. The maximum atomic E-state index is 12.0. The second kappa shape index (κ2) is 7.03. The van der Waals surface area contributed by atoms with Gasteiger partial charge in [0, 0.05) is 32.1 Å². The first kappa shape index (κ1) is 17.7. The molecule has 2 aromatic rings. The standard InChI is InChI=1S/C19H21N3O4/c1-13-4-2-5-14(12-13)26-19(18(24)25)7-10-22(11-8-19)17-15(16(20)23)6-3-9-21-17/h2-6,9,12H,7-8,10-11H2,1H3,(H2,20,23)(H,24,25). The highest BCUT2D eigenvalue weighted by Crippen LogP contribution is 2.32. The molecular weight excluding hydrogens is 334 g/mol. The van der Waals surface area contributed by atoms with Crippen molar-refractivity contribution in [3.05, 3.63) is 53.7 Å². The minimum absolute atomic E-state index is 0.269. The van der Waals surface area contributed by atoms with Gasteiger partial charge in [-0.3, -0.25) is 4.79 Å². The number of carboxylic acids is 1. The fourth-order valence-corrected chi connectivity index (χ4v) is 3.19. The summed E-state index contributed by atoms with van der Waals surface area (Å²) < 4.78 is 5.91. The average molecular weight is 355 g/mol. The van der Waals surface area contributed by atoms with Crippen LogP contribution in [0.15, 0.2) is 42.6 Å². The van der Waals surface area contributed by atoms with Crippen LogP contribution in [-0.4, -0.2) is 40.7 Å². The van der Waals surface area contributed by atoms with Crippen molar-refractivity contribution < 1.29 is 19.4 Å². The number of piperidine rings is 1. The Kier molecular flexibility index (Phi) is 4.79. The van der Waals surface area contributed by atoms with Crippen molar-refractivity contribution in [2.75, 3.05) is 18.0 Å². The molecule has 3 N–H and O–H groups in total. The van der Waals surface area contributed by atoms with Crippen LogP contribution in [0.4, 0.5) is 5.82 Å². The topological polar surface area (TPSA) is 106 Å². The van der Waals surface area contributed by atoms with E-state index in [4.69, 9.17) is 10.5 Å². The average Bonchev–Trinajstić information content (AvgIpc) is 2.62. The number of carbonyl (C=O) groups excluding carboxylic acids is 1. The Hall–Kier alpha value is -3.09. The van der Waals surface area contributed by atoms with Crippen LogP contribution in [0.1, 0.15) is 28.8 Å². The molecule has 1 amide bonds. The third kappa shape index (κ3) is 3.46. The summed E-state index contributed by atoms with van der Waals surface area (Å²) in [4.78, 5) is 29.7. The van der Waals surface area contributed by atoms with Gasteiger partial charge in [0.05, 0.1) is 5.56 Å². The Morgan fingerprint density at radius 2 is 1.96 bits per heavy atom. The molecule has 1 aromatic carbocycles. The van der Waals surface area contributed by atoms with Gasteiger partial charge in [-0.1, -0.05) is 12.1 Å². The first-order chi connectivity index (χ1) is 12.4. The quantitative estimate of drug-likeness (QED) is 0.850. The van der Waals surface area contributed by atoms with E-state index < -0.39 is 17.5 Å². The lowest BCUT2D eigenvalue weighted by Gasteiger charge is -2.39. The molecule has 7 heteroatoms. The summed E-state index contributed by atoms with van der Waals surface area (Å²) in [6.07, 6.45) is 2.13. The van der Waals surface area contributed by atoms with Gasteiger partial charge in [0.2, 0.25) is 5.60 Å². The molecule has 0 unspecified atom stereocenters. The number of nitrogens with two attached hydrogens (primary N) is 1. The summed E-state index contributed by atoms with van der Waals surface area (Å²) in [5, 5.41) is 9.79. The molecule has 0 aliphatic carbocycles. The second-order valence-electron chi connectivity index (χ2n) is 6.44. The number of aliphatic carboxylic acids is 1. The molecule has 0 bridgehead atoms. The molecular formula is C19H21N3O4. The van der Waals surface area contributed by atoms with Crippen molar-refractivity contribution in [1.29, 1.82) is 0 Å². The maximum Gasteiger partial charge on any atom is 0.348 e. The van der Waals surface area contributed by atoms with Crippen molar-refractivity contribution in [3.8, 4) is 5.75 Å². The number of carboxylic acid groups (broad SMARTS) is 1. The van der Waals surface area contributed by atoms with Crippen LogP contribution in [-0.2, 0) is 4.79 Å². The highest BCUT2D eigenvalue weighted by molar-refractivity contribution is 5.97. The molecule has 0 radical (unpaired) electrons. The number of aryl methyl sites for hydroxylation is 1. The van der Waals surface area contributed by atoms with Crippen LogP contribution >= 0.6 is 0 Å². The Labute approximate surface area is 151 Å². The van der Waals surface area contributed by atoms with E-state index in [1.807, 2.05) is 30.0 Å². The second-order valence-corrected chi connectivity index (χ2v) is 6.44. The fourth-order valence-electron chi connectivity index (χ4n) is 3.19. The summed E-state index contributed by atoms with van der Waals surface area (Å²) >= 11 is 0. The van der Waals surface area contributed by atoms with Crippen LogP contribution in [0.25, 0.3) is 0 Å². The lowest BCUT2D eigenvalue weighted by Crippen LogP contribution is -2.53. The van der Waals surface area contributed by atoms with E-state index in [0.29, 0.717) is 30.2 Å². The fraction of sp³-hybridized carbons (Fsp3) is 0.316. The van der Waals surface area contributed by atoms with Crippen LogP contribution in [0, 0.1) is 6.92 Å². The van der Waals surface area contributed by atoms with Crippen LogP contribution in [0.3, 0.4) is 0 Å². The van der Waals surface area contributed by atoms with E-state index in [1.165, 1.54) is 0 Å². The lowest BCUT2D eigenvalue weighted by molar-refractivity contribution is -0.157. The summed E-state index contributed by atoms with van der Waals surface area (Å²) in [7, 11) is 0. The predicted molar refractivity (Wildman–Crippen MR) is 96.4 cm³/mol. The predicted octanol–water partition coefficient (Wildman–Crippen LogP) is 1.99. The summed E-state index contributed by atoms with van der Waals surface area (Å²) in [5.41, 5.74) is 5.44. The van der Waals surface area contributed by atoms with Crippen molar-refractivity contribution in [1.82, 2.24) is 4.98 Å². The van der Waals surface area contributed by atoms with Crippen molar-refractivity contribution in [2.24, 2.45) is 5.73 Å². The monoisotopic (exact) mass is 355 g/mol. The van der Waals surface area contributed by atoms with Gasteiger partial charge in [-0.05, 0) is 36.8 Å². The normalized spacial score (nSPS) is 16.1. The van der Waals surface area contributed by atoms with Gasteiger partial charge < -0.3 is 20.5 Å². The molecule has 1 saturated heterocycles. The van der Waals surface area contributed by atoms with E-state index in [9.17, 15) is 14.7 Å². The first-order valence-electron chi connectivity index (χ1n) is 8.40. The molecule has 0 saturated carbocycles. The number of nitrogens with zero attached hydrogens (tertiary/aromatic N) is 2. The number of pyridine rings is 1. The van der Waals surface area contributed by atoms with Crippen LogP contribution in [0.2, 0.25) is 0 Å². The Morgan fingerprint density at radius 1 is 1.23 bits per heavy atom. The molecule has 0 spiro atoms. The Morgan fingerprint density at radius 3 is 2.58 bits per heavy atom.